The molecule has 0 saturated heterocycles. The topological polar surface area (TPSA) is 80.3 Å². The van der Waals surface area contributed by atoms with Crippen molar-refractivity contribution in [1.82, 2.24) is 0 Å². The molecule has 0 N–H and O–H groups in total. The minimum absolute atomic E-state index is 0. The van der Waals surface area contributed by atoms with E-state index in [1.807, 2.05) is 0 Å². The van der Waals surface area contributed by atoms with E-state index in [0.717, 1.165) is 25.7 Å². The van der Waals surface area contributed by atoms with Crippen LogP contribution in [0.5, 0.6) is 0 Å². The van der Waals surface area contributed by atoms with Crippen LogP contribution in [0.3, 0.4) is 0 Å². The molecule has 0 aromatic rings. The van der Waals surface area contributed by atoms with Crippen LogP contribution in [0, 0.1) is 0 Å². The third-order valence-electron chi connectivity index (χ3n) is 8.80. The van der Waals surface area contributed by atoms with Crippen molar-refractivity contribution in [3.63, 3.8) is 0 Å². The molecule has 0 bridgehead atoms. The molecule has 0 atom stereocenters. The fraction of sp³-hybridized carbons (Fsp3) is 0.947. The minimum atomic E-state index is -0.905. The summed E-state index contributed by atoms with van der Waals surface area (Å²) in [5, 5.41) is 20.7. The van der Waals surface area contributed by atoms with Gasteiger partial charge < -0.3 is 19.8 Å². The Hall–Kier alpha value is 2.91. The van der Waals surface area contributed by atoms with Crippen molar-refractivity contribution in [2.45, 2.75) is 218 Å². The summed E-state index contributed by atoms with van der Waals surface area (Å²) < 4.78 is 0. The Kier molecular flexibility index (Phi) is 55.5. The quantitative estimate of drug-likeness (QED) is 0.0495. The van der Waals surface area contributed by atoms with Crippen molar-refractivity contribution in [2.24, 2.45) is 0 Å². The monoisotopic (exact) mass is 734 g/mol. The van der Waals surface area contributed by atoms with Crippen LogP contribution in [0.2, 0.25) is 0 Å². The standard InChI is InChI=1S/C38H74O4S2.2K/c39-37(40)33-29-25-21-17-13-9-5-1-3-7-11-15-19-23-27-31-35-43-44-36-32-28-24-20-16-12-8-4-2-6-10-14-18-22-26-30-34-38(41)42;;/h1-36H2,(H,39,40)(H,41,42);;/q;2*+1/p-2. The van der Waals surface area contributed by atoms with Gasteiger partial charge in [-0.2, -0.15) is 0 Å². The molecular formula is C38H72K2O4S2. The van der Waals surface area contributed by atoms with E-state index in [0.29, 0.717) is 0 Å². The zero-order valence-corrected chi connectivity index (χ0v) is 38.8. The number of rotatable bonds is 39. The smallest absolute Gasteiger partial charge is 0.550 e. The Morgan fingerprint density at radius 2 is 0.435 bits per heavy atom. The van der Waals surface area contributed by atoms with Gasteiger partial charge in [0.25, 0.3) is 0 Å². The molecule has 4 nitrogen and oxygen atoms in total. The third-order valence-corrected chi connectivity index (χ3v) is 11.4. The van der Waals surface area contributed by atoms with Crippen molar-refractivity contribution >= 4 is 33.5 Å². The average molecular weight is 735 g/mol. The number of hydrogen-bond donors (Lipinski definition) is 0. The molecule has 8 heteroatoms. The zero-order chi connectivity index (χ0) is 32.0. The van der Waals surface area contributed by atoms with E-state index >= 15 is 0 Å². The molecule has 0 aliphatic carbocycles. The first-order valence-electron chi connectivity index (χ1n) is 19.3. The van der Waals surface area contributed by atoms with Crippen LogP contribution in [-0.4, -0.2) is 23.4 Å². The summed E-state index contributed by atoms with van der Waals surface area (Å²) in [5.74, 6) is 0.852. The maximum atomic E-state index is 10.4. The predicted molar refractivity (Wildman–Crippen MR) is 192 cm³/mol. The van der Waals surface area contributed by atoms with Crippen molar-refractivity contribution in [3.8, 4) is 0 Å². The van der Waals surface area contributed by atoms with E-state index in [1.54, 1.807) is 0 Å². The summed E-state index contributed by atoms with van der Waals surface area (Å²) in [6.45, 7) is 0. The van der Waals surface area contributed by atoms with Crippen molar-refractivity contribution < 1.29 is 123 Å². The summed E-state index contributed by atoms with van der Waals surface area (Å²) in [6, 6.07) is 0. The molecule has 46 heavy (non-hydrogen) atoms. The molecular weight excluding hydrogens is 663 g/mol. The molecule has 0 saturated carbocycles. The molecule has 0 heterocycles. The Morgan fingerprint density at radius 1 is 0.283 bits per heavy atom. The number of carboxylic acid groups (broad SMARTS) is 2. The van der Waals surface area contributed by atoms with Crippen molar-refractivity contribution in [1.29, 1.82) is 0 Å². The Bertz CT molecular complexity index is 549. The number of aliphatic carboxylic acids is 2. The first-order chi connectivity index (χ1) is 21.6. The summed E-state index contributed by atoms with van der Waals surface area (Å²) >= 11 is 0. The van der Waals surface area contributed by atoms with Crippen LogP contribution >= 0.6 is 21.6 Å². The van der Waals surface area contributed by atoms with Crippen LogP contribution in [0.15, 0.2) is 0 Å². The van der Waals surface area contributed by atoms with Crippen LogP contribution in [0.25, 0.3) is 0 Å². The molecule has 0 aliphatic heterocycles. The Morgan fingerprint density at radius 3 is 0.609 bits per heavy atom. The average Bonchev–Trinajstić information content (AvgIpc) is 3.00. The Balaban J connectivity index is -0.00000924. The summed E-state index contributed by atoms with van der Waals surface area (Å²) in [4.78, 5) is 20.7. The van der Waals surface area contributed by atoms with Gasteiger partial charge in [-0.15, -0.1) is 0 Å². The van der Waals surface area contributed by atoms with Crippen LogP contribution in [0.1, 0.15) is 218 Å². The molecule has 0 aliphatic rings. The van der Waals surface area contributed by atoms with Crippen molar-refractivity contribution in [2.75, 3.05) is 11.5 Å². The van der Waals surface area contributed by atoms with Gasteiger partial charge in [-0.25, -0.2) is 0 Å². The maximum Gasteiger partial charge on any atom is 1.00 e. The molecule has 0 rings (SSSR count). The van der Waals surface area contributed by atoms with Crippen molar-refractivity contribution in [3.05, 3.63) is 0 Å². The van der Waals surface area contributed by atoms with Gasteiger partial charge >= 0.3 is 103 Å². The molecule has 0 fully saturated rings. The second-order valence-corrected chi connectivity index (χ2v) is 15.9. The minimum Gasteiger partial charge on any atom is -0.550 e. The third kappa shape index (κ3) is 51.3. The van der Waals surface area contributed by atoms with Gasteiger partial charge in [0.15, 0.2) is 0 Å². The zero-order valence-electron chi connectivity index (χ0n) is 30.9. The number of carbonyl (C=O) groups excluding carboxylic acids is 2. The molecule has 0 unspecified atom stereocenters. The molecule has 0 amide bonds. The van der Waals surface area contributed by atoms with E-state index in [4.69, 9.17) is 0 Å². The van der Waals surface area contributed by atoms with Gasteiger partial charge in [-0.1, -0.05) is 201 Å². The summed E-state index contributed by atoms with van der Waals surface area (Å²) in [7, 11) is 4.21. The van der Waals surface area contributed by atoms with Gasteiger partial charge in [-0.3, -0.25) is 0 Å². The van der Waals surface area contributed by atoms with E-state index in [9.17, 15) is 19.8 Å². The van der Waals surface area contributed by atoms with Gasteiger partial charge in [-0.05, 0) is 38.5 Å². The summed E-state index contributed by atoms with van der Waals surface area (Å²) in [5.41, 5.74) is 0. The first kappa shape index (κ1) is 53.3. The number of hydrogen-bond acceptors (Lipinski definition) is 6. The Labute approximate surface area is 380 Å². The molecule has 262 valence electrons. The molecule has 0 aromatic carbocycles. The summed E-state index contributed by atoms with van der Waals surface area (Å²) in [6.07, 6.45) is 42.5. The van der Waals surface area contributed by atoms with E-state index in [1.165, 1.54) is 191 Å². The SMILES string of the molecule is O=C([O-])CCCCCCCCCCCCCCCCCCSSCCCCCCCCCCCCCCCCCCC(=O)[O-].[K+].[K+]. The van der Waals surface area contributed by atoms with Crippen LogP contribution in [-0.2, 0) is 9.59 Å². The van der Waals surface area contributed by atoms with Crippen LogP contribution in [0.4, 0.5) is 0 Å². The predicted octanol–water partition coefficient (Wildman–Crippen LogP) is 5.14. The molecule has 0 spiro atoms. The fourth-order valence-corrected chi connectivity index (χ4v) is 8.22. The molecule has 0 radical (unpaired) electrons. The van der Waals surface area contributed by atoms with E-state index < -0.39 is 11.9 Å². The largest absolute Gasteiger partial charge is 1.00 e. The van der Waals surface area contributed by atoms with Crippen LogP contribution < -0.4 is 113 Å². The van der Waals surface area contributed by atoms with Gasteiger partial charge in [0.2, 0.25) is 0 Å². The van der Waals surface area contributed by atoms with Gasteiger partial charge in [0, 0.05) is 23.4 Å². The van der Waals surface area contributed by atoms with Gasteiger partial charge in [0.1, 0.15) is 0 Å². The second-order valence-electron chi connectivity index (χ2n) is 13.2. The number of unbranched alkanes of at least 4 members (excludes halogenated alkanes) is 30. The first-order valence-corrected chi connectivity index (χ1v) is 21.8. The van der Waals surface area contributed by atoms with E-state index in [2.05, 4.69) is 21.6 Å². The fourth-order valence-electron chi connectivity index (χ4n) is 5.93. The van der Waals surface area contributed by atoms with E-state index in [-0.39, 0.29) is 116 Å². The maximum absolute atomic E-state index is 10.4. The number of carboxylic acids is 2. The molecule has 0 aromatic heterocycles. The second kappa shape index (κ2) is 47.9. The normalized spacial score (nSPS) is 10.9. The number of carbonyl (C=O) groups is 2. The van der Waals surface area contributed by atoms with Gasteiger partial charge in [0.05, 0.1) is 0 Å².